The molecule has 0 unspecified atom stereocenters. The van der Waals surface area contributed by atoms with Crippen molar-refractivity contribution in [2.24, 2.45) is 5.92 Å². The van der Waals surface area contributed by atoms with Gasteiger partial charge in [0.05, 0.1) is 5.92 Å². The highest BCUT2D eigenvalue weighted by molar-refractivity contribution is 5.78. The number of piperidine rings is 1. The van der Waals surface area contributed by atoms with Crippen molar-refractivity contribution in [2.45, 2.75) is 45.1 Å². The van der Waals surface area contributed by atoms with Crippen LogP contribution in [0.2, 0.25) is 0 Å². The Bertz CT molecular complexity index is 301. The summed E-state index contributed by atoms with van der Waals surface area (Å²) in [6.07, 6.45) is 5.37. The highest BCUT2D eigenvalue weighted by Gasteiger charge is 2.34. The third kappa shape index (κ3) is 3.58. The van der Waals surface area contributed by atoms with Crippen LogP contribution in [0, 0.1) is 5.92 Å². The average molecular weight is 239 g/mol. The van der Waals surface area contributed by atoms with Gasteiger partial charge in [0.1, 0.15) is 0 Å². The molecule has 0 aromatic carbocycles. The Balaban J connectivity index is 2.54. The molecular formula is C13H21NO3. The quantitative estimate of drug-likeness (QED) is 0.590. The van der Waals surface area contributed by atoms with Crippen LogP contribution >= 0.6 is 0 Å². The molecular weight excluding hydrogens is 218 g/mol. The minimum Gasteiger partial charge on any atom is -0.481 e. The molecule has 4 nitrogen and oxygen atoms in total. The topological polar surface area (TPSA) is 57.6 Å². The van der Waals surface area contributed by atoms with Crippen LogP contribution in [0.5, 0.6) is 0 Å². The van der Waals surface area contributed by atoms with Gasteiger partial charge in [0.25, 0.3) is 0 Å². The molecule has 2 atom stereocenters. The molecule has 1 heterocycles. The van der Waals surface area contributed by atoms with Gasteiger partial charge in [-0.15, -0.1) is 6.58 Å². The molecule has 0 spiro atoms. The van der Waals surface area contributed by atoms with Crippen molar-refractivity contribution in [1.82, 2.24) is 4.90 Å². The van der Waals surface area contributed by atoms with Gasteiger partial charge in [-0.3, -0.25) is 9.59 Å². The maximum absolute atomic E-state index is 12.0. The summed E-state index contributed by atoms with van der Waals surface area (Å²) in [6.45, 7) is 6.15. The van der Waals surface area contributed by atoms with Gasteiger partial charge in [-0.2, -0.15) is 0 Å². The van der Waals surface area contributed by atoms with E-state index in [-0.39, 0.29) is 11.9 Å². The zero-order chi connectivity index (χ0) is 12.8. The first-order chi connectivity index (χ1) is 8.07. The van der Waals surface area contributed by atoms with Crippen molar-refractivity contribution in [2.75, 3.05) is 6.54 Å². The number of aliphatic carboxylic acids is 1. The minimum absolute atomic E-state index is 0.0744. The lowest BCUT2D eigenvalue weighted by Gasteiger charge is -2.37. The van der Waals surface area contributed by atoms with E-state index >= 15 is 0 Å². The number of amides is 1. The number of allylic oxidation sites excluding steroid dienone is 1. The summed E-state index contributed by atoms with van der Waals surface area (Å²) >= 11 is 0. The third-order valence-corrected chi connectivity index (χ3v) is 3.42. The number of carboxylic acids is 1. The van der Waals surface area contributed by atoms with E-state index in [0.717, 1.165) is 19.3 Å². The fourth-order valence-corrected chi connectivity index (χ4v) is 2.37. The monoisotopic (exact) mass is 239 g/mol. The maximum atomic E-state index is 12.0. The van der Waals surface area contributed by atoms with Gasteiger partial charge < -0.3 is 10.0 Å². The Morgan fingerprint density at radius 3 is 2.82 bits per heavy atom. The van der Waals surface area contributed by atoms with E-state index in [9.17, 15) is 9.59 Å². The Labute approximate surface area is 102 Å². The largest absolute Gasteiger partial charge is 0.481 e. The van der Waals surface area contributed by atoms with Crippen molar-refractivity contribution in [3.05, 3.63) is 12.7 Å². The number of unbranched alkanes of at least 4 members (excludes halogenated alkanes) is 1. The van der Waals surface area contributed by atoms with Crippen LogP contribution in [-0.4, -0.2) is 34.5 Å². The fraction of sp³-hybridized carbons (Fsp3) is 0.692. The van der Waals surface area contributed by atoms with Gasteiger partial charge in [-0.25, -0.2) is 0 Å². The predicted octanol–water partition coefficient (Wildman–Crippen LogP) is 2.05. The van der Waals surface area contributed by atoms with Crippen molar-refractivity contribution >= 4 is 11.9 Å². The molecule has 1 fully saturated rings. The lowest BCUT2D eigenvalue weighted by Crippen LogP contribution is -2.49. The first-order valence-corrected chi connectivity index (χ1v) is 6.21. The molecule has 1 rings (SSSR count). The zero-order valence-electron chi connectivity index (χ0n) is 10.4. The normalized spacial score (nSPS) is 24.4. The number of nitrogens with zero attached hydrogens (tertiary/aromatic N) is 1. The number of carbonyl (C=O) groups excluding carboxylic acids is 1. The number of rotatable bonds is 5. The van der Waals surface area contributed by atoms with Crippen LogP contribution in [-0.2, 0) is 9.59 Å². The van der Waals surface area contributed by atoms with E-state index in [1.54, 1.807) is 11.0 Å². The van der Waals surface area contributed by atoms with Gasteiger partial charge >= 0.3 is 5.97 Å². The van der Waals surface area contributed by atoms with Crippen molar-refractivity contribution in [3.8, 4) is 0 Å². The van der Waals surface area contributed by atoms with Crippen molar-refractivity contribution in [1.29, 1.82) is 0 Å². The van der Waals surface area contributed by atoms with E-state index < -0.39 is 11.9 Å². The predicted molar refractivity (Wildman–Crippen MR) is 65.6 cm³/mol. The molecule has 96 valence electrons. The van der Waals surface area contributed by atoms with Crippen molar-refractivity contribution in [3.63, 3.8) is 0 Å². The second kappa shape index (κ2) is 6.42. The fourth-order valence-electron chi connectivity index (χ4n) is 2.37. The molecule has 0 aromatic heterocycles. The first-order valence-electron chi connectivity index (χ1n) is 6.21. The Morgan fingerprint density at radius 2 is 2.24 bits per heavy atom. The van der Waals surface area contributed by atoms with Crippen LogP contribution in [0.25, 0.3) is 0 Å². The van der Waals surface area contributed by atoms with Gasteiger partial charge in [0.15, 0.2) is 0 Å². The highest BCUT2D eigenvalue weighted by atomic mass is 16.4. The minimum atomic E-state index is -0.791. The molecule has 1 aliphatic rings. The van der Waals surface area contributed by atoms with E-state index in [4.69, 9.17) is 5.11 Å². The zero-order valence-corrected chi connectivity index (χ0v) is 10.4. The van der Waals surface area contributed by atoms with E-state index in [0.29, 0.717) is 19.4 Å². The standard InChI is InChI=1S/C13H21NO3/c1-3-4-5-8-12(15)14-9-6-7-11(10(14)2)13(16)17/h3,10-11H,1,4-9H2,2H3,(H,16,17)/t10-,11-/m1/s1. The smallest absolute Gasteiger partial charge is 0.308 e. The number of carbonyl (C=O) groups is 2. The molecule has 0 aliphatic carbocycles. The number of likely N-dealkylation sites (tertiary alicyclic amines) is 1. The number of hydrogen-bond acceptors (Lipinski definition) is 2. The summed E-state index contributed by atoms with van der Waals surface area (Å²) in [6, 6.07) is -0.183. The summed E-state index contributed by atoms with van der Waals surface area (Å²) < 4.78 is 0. The van der Waals surface area contributed by atoms with Gasteiger partial charge in [0.2, 0.25) is 5.91 Å². The SMILES string of the molecule is C=CCCCC(=O)N1CCC[C@@H](C(=O)O)[C@H]1C. The molecule has 1 amide bonds. The average Bonchev–Trinajstić information content (AvgIpc) is 2.29. The molecule has 0 bridgehead atoms. The molecule has 1 aliphatic heterocycles. The molecule has 1 saturated heterocycles. The summed E-state index contributed by atoms with van der Waals surface area (Å²) in [5, 5.41) is 9.07. The summed E-state index contributed by atoms with van der Waals surface area (Å²) in [5.74, 6) is -1.13. The lowest BCUT2D eigenvalue weighted by atomic mass is 9.90. The second-order valence-electron chi connectivity index (χ2n) is 4.60. The molecule has 4 heteroatoms. The second-order valence-corrected chi connectivity index (χ2v) is 4.60. The van der Waals surface area contributed by atoms with Crippen LogP contribution < -0.4 is 0 Å². The molecule has 0 saturated carbocycles. The Morgan fingerprint density at radius 1 is 1.53 bits per heavy atom. The van der Waals surface area contributed by atoms with Gasteiger partial charge in [-0.05, 0) is 32.6 Å². The maximum Gasteiger partial charge on any atom is 0.308 e. The van der Waals surface area contributed by atoms with Crippen LogP contribution in [0.15, 0.2) is 12.7 Å². The van der Waals surface area contributed by atoms with Gasteiger partial charge in [0, 0.05) is 19.0 Å². The van der Waals surface area contributed by atoms with E-state index in [1.165, 1.54) is 0 Å². The highest BCUT2D eigenvalue weighted by Crippen LogP contribution is 2.24. The summed E-state index contributed by atoms with van der Waals surface area (Å²) in [5.41, 5.74) is 0. The lowest BCUT2D eigenvalue weighted by molar-refractivity contribution is -0.149. The first kappa shape index (κ1) is 13.7. The molecule has 1 N–H and O–H groups in total. The summed E-state index contributed by atoms with van der Waals surface area (Å²) in [7, 11) is 0. The number of hydrogen-bond donors (Lipinski definition) is 1. The van der Waals surface area contributed by atoms with Crippen LogP contribution in [0.3, 0.4) is 0 Å². The van der Waals surface area contributed by atoms with E-state index in [2.05, 4.69) is 6.58 Å². The Kier molecular flexibility index (Phi) is 5.19. The molecule has 0 aromatic rings. The Hall–Kier alpha value is -1.32. The van der Waals surface area contributed by atoms with Gasteiger partial charge in [-0.1, -0.05) is 6.08 Å². The third-order valence-electron chi connectivity index (χ3n) is 3.42. The van der Waals surface area contributed by atoms with Crippen molar-refractivity contribution < 1.29 is 14.7 Å². The van der Waals surface area contributed by atoms with E-state index in [1.807, 2.05) is 6.92 Å². The number of carboxylic acid groups (broad SMARTS) is 1. The molecule has 17 heavy (non-hydrogen) atoms. The molecule has 0 radical (unpaired) electrons. The van der Waals surface area contributed by atoms with Crippen LogP contribution in [0.1, 0.15) is 39.0 Å². The summed E-state index contributed by atoms with van der Waals surface area (Å²) in [4.78, 5) is 24.7. The van der Waals surface area contributed by atoms with Crippen LogP contribution in [0.4, 0.5) is 0 Å².